The van der Waals surface area contributed by atoms with Crippen molar-refractivity contribution in [2.45, 2.75) is 90.0 Å². The van der Waals surface area contributed by atoms with Gasteiger partial charge in [0.1, 0.15) is 0 Å². The number of allylic oxidation sites excluding steroid dienone is 6. The van der Waals surface area contributed by atoms with Crippen LogP contribution in [0.25, 0.3) is 0 Å². The fourth-order valence-corrected chi connectivity index (χ4v) is 2.76. The van der Waals surface area contributed by atoms with Crippen molar-refractivity contribution in [3.05, 3.63) is 36.5 Å². The number of carbonyl (C=O) groups excluding carboxylic acids is 1. The molecule has 0 fully saturated rings. The Labute approximate surface area is 174 Å². The van der Waals surface area contributed by atoms with Gasteiger partial charge < -0.3 is 15.5 Å². The molecule has 0 bridgehead atoms. The van der Waals surface area contributed by atoms with E-state index >= 15 is 0 Å². The number of rotatable bonds is 18. The summed E-state index contributed by atoms with van der Waals surface area (Å²) in [5.74, 6) is -2.52. The molecule has 0 aromatic rings. The second-order valence-corrected chi connectivity index (χ2v) is 7.12. The van der Waals surface area contributed by atoms with E-state index in [1.54, 1.807) is 0 Å². The lowest BCUT2D eigenvalue weighted by molar-refractivity contribution is -0.139. The first-order valence-electron chi connectivity index (χ1n) is 10.6. The highest BCUT2D eigenvalue weighted by atomic mass is 16.4. The molecule has 0 aliphatic heterocycles. The number of nitrogens with one attached hydrogen (secondary N) is 1. The van der Waals surface area contributed by atoms with Crippen molar-refractivity contribution in [2.24, 2.45) is 0 Å². The second-order valence-electron chi connectivity index (χ2n) is 7.12. The van der Waals surface area contributed by atoms with Gasteiger partial charge in [0.15, 0.2) is 0 Å². The van der Waals surface area contributed by atoms with Crippen LogP contribution in [0.5, 0.6) is 0 Å². The van der Waals surface area contributed by atoms with Gasteiger partial charge >= 0.3 is 11.9 Å². The lowest BCUT2D eigenvalue weighted by Gasteiger charge is -2.14. The maximum absolute atomic E-state index is 11.8. The molecule has 0 aromatic heterocycles. The van der Waals surface area contributed by atoms with Crippen molar-refractivity contribution in [3.8, 4) is 0 Å². The van der Waals surface area contributed by atoms with E-state index in [9.17, 15) is 14.4 Å². The third kappa shape index (κ3) is 20.2. The smallest absolute Gasteiger partial charge is 0.305 e. The number of hydrogen-bond donors (Lipinski definition) is 3. The highest BCUT2D eigenvalue weighted by Gasteiger charge is 2.18. The van der Waals surface area contributed by atoms with E-state index in [2.05, 4.69) is 48.7 Å². The van der Waals surface area contributed by atoms with Crippen molar-refractivity contribution in [1.29, 1.82) is 0 Å². The topological polar surface area (TPSA) is 104 Å². The first-order valence-corrected chi connectivity index (χ1v) is 10.6. The van der Waals surface area contributed by atoms with Gasteiger partial charge in [-0.1, -0.05) is 69.1 Å². The SMILES string of the molecule is CCC/C=C/C=C\C/C=C\CCCCCCCC(=O)NC(CC(=O)O)CC(=O)O. The Morgan fingerprint density at radius 3 is 2.07 bits per heavy atom. The molecule has 3 N–H and O–H groups in total. The van der Waals surface area contributed by atoms with Crippen LogP contribution in [0, 0.1) is 0 Å². The van der Waals surface area contributed by atoms with Crippen LogP contribution >= 0.6 is 0 Å². The summed E-state index contributed by atoms with van der Waals surface area (Å²) in [7, 11) is 0. The maximum Gasteiger partial charge on any atom is 0.305 e. The third-order valence-corrected chi connectivity index (χ3v) is 4.26. The third-order valence-electron chi connectivity index (χ3n) is 4.26. The van der Waals surface area contributed by atoms with Gasteiger partial charge in [-0.15, -0.1) is 0 Å². The van der Waals surface area contributed by atoms with Gasteiger partial charge in [-0.25, -0.2) is 0 Å². The molecular weight excluding hydrogens is 370 g/mol. The van der Waals surface area contributed by atoms with Gasteiger partial charge in [-0.2, -0.15) is 0 Å². The average molecular weight is 408 g/mol. The molecule has 0 aliphatic carbocycles. The Balaban J connectivity index is 3.68. The minimum Gasteiger partial charge on any atom is -0.481 e. The normalized spacial score (nSPS) is 11.8. The summed E-state index contributed by atoms with van der Waals surface area (Å²) in [6.07, 6.45) is 21.7. The van der Waals surface area contributed by atoms with Crippen LogP contribution in [-0.2, 0) is 14.4 Å². The zero-order valence-electron chi connectivity index (χ0n) is 17.6. The molecule has 0 unspecified atom stereocenters. The Bertz CT molecular complexity index is 535. The van der Waals surface area contributed by atoms with Crippen LogP contribution in [0.15, 0.2) is 36.5 Å². The molecule has 1 amide bonds. The summed E-state index contributed by atoms with van der Waals surface area (Å²) in [6, 6.07) is -0.855. The summed E-state index contributed by atoms with van der Waals surface area (Å²) < 4.78 is 0. The first kappa shape index (κ1) is 26.6. The molecule has 0 radical (unpaired) electrons. The van der Waals surface area contributed by atoms with Crippen LogP contribution in [-0.4, -0.2) is 34.1 Å². The molecule has 0 aromatic carbocycles. The predicted molar refractivity (Wildman–Crippen MR) is 116 cm³/mol. The zero-order valence-corrected chi connectivity index (χ0v) is 17.6. The number of aliphatic carboxylic acids is 2. The molecule has 0 spiro atoms. The van der Waals surface area contributed by atoms with Crippen LogP contribution in [0.3, 0.4) is 0 Å². The summed E-state index contributed by atoms with van der Waals surface area (Å²) in [6.45, 7) is 2.16. The second kappa shape index (κ2) is 19.0. The zero-order chi connectivity index (χ0) is 21.7. The minimum absolute atomic E-state index is 0.280. The maximum atomic E-state index is 11.8. The molecule has 29 heavy (non-hydrogen) atoms. The molecule has 0 atom stereocenters. The van der Waals surface area contributed by atoms with Gasteiger partial charge in [0.2, 0.25) is 5.91 Å². The van der Waals surface area contributed by atoms with Crippen molar-refractivity contribution in [2.75, 3.05) is 0 Å². The molecule has 164 valence electrons. The molecule has 6 heteroatoms. The Morgan fingerprint density at radius 1 is 0.793 bits per heavy atom. The average Bonchev–Trinajstić information content (AvgIpc) is 2.63. The standard InChI is InChI=1S/C23H37NO5/c1-2-3-4-5-6-7-8-9-10-11-12-13-14-15-16-17-21(25)24-20(18-22(26)27)19-23(28)29/h4-7,9-10,20H,2-3,8,11-19H2,1H3,(H,24,25)(H,26,27)(H,28,29)/b5-4+,7-6-,10-9-. The molecular formula is C23H37NO5. The van der Waals surface area contributed by atoms with Crippen LogP contribution < -0.4 is 5.32 Å². The van der Waals surface area contributed by atoms with Gasteiger partial charge in [-0.3, -0.25) is 14.4 Å². The number of carbonyl (C=O) groups is 3. The quantitative estimate of drug-likeness (QED) is 0.168. The monoisotopic (exact) mass is 407 g/mol. The van der Waals surface area contributed by atoms with Gasteiger partial charge in [0, 0.05) is 12.5 Å². The van der Waals surface area contributed by atoms with E-state index < -0.39 is 18.0 Å². The number of amides is 1. The number of unbranched alkanes of at least 4 members (excludes halogenated alkanes) is 6. The summed E-state index contributed by atoms with van der Waals surface area (Å²) in [5, 5.41) is 20.1. The molecule has 0 heterocycles. The summed E-state index contributed by atoms with van der Waals surface area (Å²) in [4.78, 5) is 33.3. The van der Waals surface area contributed by atoms with E-state index in [-0.39, 0.29) is 18.7 Å². The van der Waals surface area contributed by atoms with Crippen LogP contribution in [0.2, 0.25) is 0 Å². The molecule has 0 aliphatic rings. The van der Waals surface area contributed by atoms with Crippen molar-refractivity contribution in [3.63, 3.8) is 0 Å². The van der Waals surface area contributed by atoms with Crippen molar-refractivity contribution >= 4 is 17.8 Å². The number of hydrogen-bond acceptors (Lipinski definition) is 3. The molecule has 0 saturated heterocycles. The summed E-state index contributed by atoms with van der Waals surface area (Å²) >= 11 is 0. The van der Waals surface area contributed by atoms with Crippen molar-refractivity contribution < 1.29 is 24.6 Å². The van der Waals surface area contributed by atoms with Crippen LogP contribution in [0.1, 0.15) is 84.0 Å². The Kier molecular flexibility index (Phi) is 17.4. The Hall–Kier alpha value is -2.37. The highest BCUT2D eigenvalue weighted by Crippen LogP contribution is 2.08. The molecule has 0 rings (SSSR count). The number of carboxylic acid groups (broad SMARTS) is 2. The van der Waals surface area contributed by atoms with E-state index in [4.69, 9.17) is 10.2 Å². The molecule has 0 saturated carbocycles. The van der Waals surface area contributed by atoms with E-state index in [1.807, 2.05) is 0 Å². The van der Waals surface area contributed by atoms with E-state index in [0.29, 0.717) is 6.42 Å². The first-order chi connectivity index (χ1) is 14.0. The van der Waals surface area contributed by atoms with Gasteiger partial charge in [-0.05, 0) is 32.1 Å². The minimum atomic E-state index is -1.12. The fourth-order valence-electron chi connectivity index (χ4n) is 2.76. The highest BCUT2D eigenvalue weighted by molar-refractivity contribution is 5.79. The molecule has 6 nitrogen and oxygen atoms in total. The van der Waals surface area contributed by atoms with Gasteiger partial charge in [0.05, 0.1) is 12.8 Å². The van der Waals surface area contributed by atoms with Crippen molar-refractivity contribution in [1.82, 2.24) is 5.32 Å². The van der Waals surface area contributed by atoms with Crippen LogP contribution in [0.4, 0.5) is 0 Å². The summed E-state index contributed by atoms with van der Waals surface area (Å²) in [5.41, 5.74) is 0. The lowest BCUT2D eigenvalue weighted by Crippen LogP contribution is -2.37. The predicted octanol–water partition coefficient (Wildman–Crippen LogP) is 5.01. The van der Waals surface area contributed by atoms with E-state index in [1.165, 1.54) is 6.42 Å². The lowest BCUT2D eigenvalue weighted by atomic mass is 10.1. The Morgan fingerprint density at radius 2 is 1.41 bits per heavy atom. The largest absolute Gasteiger partial charge is 0.481 e. The number of carboxylic acids is 2. The van der Waals surface area contributed by atoms with Gasteiger partial charge in [0.25, 0.3) is 0 Å². The fraction of sp³-hybridized carbons (Fsp3) is 0.609. The van der Waals surface area contributed by atoms with E-state index in [0.717, 1.165) is 51.4 Å².